The zero-order valence-corrected chi connectivity index (χ0v) is 12.9. The minimum Gasteiger partial charge on any atom is -0.394 e. The van der Waals surface area contributed by atoms with Crippen molar-refractivity contribution in [3.63, 3.8) is 0 Å². The summed E-state index contributed by atoms with van der Waals surface area (Å²) in [6.45, 7) is -0.190. The molecule has 6 nitrogen and oxygen atoms in total. The van der Waals surface area contributed by atoms with Gasteiger partial charge in [0.2, 0.25) is 0 Å². The smallest absolute Gasteiger partial charge is 0.320 e. The average molecular weight is 313 g/mol. The van der Waals surface area contributed by atoms with E-state index in [1.54, 1.807) is 25.4 Å². The van der Waals surface area contributed by atoms with Crippen LogP contribution in [0.4, 0.5) is 10.5 Å². The number of amides is 2. The van der Waals surface area contributed by atoms with Crippen LogP contribution in [0.3, 0.4) is 0 Å². The number of pyridine rings is 1. The lowest BCUT2D eigenvalue weighted by atomic mass is 9.93. The molecule has 1 aliphatic rings. The number of hydrogen-bond acceptors (Lipinski definition) is 3. The monoisotopic (exact) mass is 313 g/mol. The van der Waals surface area contributed by atoms with Gasteiger partial charge >= 0.3 is 6.03 Å². The van der Waals surface area contributed by atoms with Gasteiger partial charge < -0.3 is 20.3 Å². The first-order valence-corrected chi connectivity index (χ1v) is 7.50. The third-order valence-corrected chi connectivity index (χ3v) is 4.35. The van der Waals surface area contributed by atoms with Gasteiger partial charge in [-0.25, -0.2) is 4.79 Å². The molecule has 1 aliphatic carbocycles. The molecule has 1 atom stereocenters. The summed E-state index contributed by atoms with van der Waals surface area (Å²) in [6.07, 6.45) is 3.04. The fourth-order valence-electron chi connectivity index (χ4n) is 3.08. The maximum Gasteiger partial charge on any atom is 0.320 e. The van der Waals surface area contributed by atoms with Gasteiger partial charge in [0.05, 0.1) is 12.1 Å². The Morgan fingerprint density at radius 3 is 2.87 bits per heavy atom. The zero-order valence-electron chi connectivity index (χ0n) is 12.9. The van der Waals surface area contributed by atoms with E-state index in [0.717, 1.165) is 17.5 Å². The molecule has 1 heterocycles. The lowest BCUT2D eigenvalue weighted by Crippen LogP contribution is -2.49. The number of nitrogens with one attached hydrogen (secondary N) is 2. The third-order valence-electron chi connectivity index (χ3n) is 4.35. The van der Waals surface area contributed by atoms with Gasteiger partial charge in [-0.3, -0.25) is 4.79 Å². The van der Waals surface area contributed by atoms with Crippen molar-refractivity contribution in [2.24, 2.45) is 7.05 Å². The number of aromatic nitrogens is 1. The highest BCUT2D eigenvalue weighted by molar-refractivity contribution is 5.89. The lowest BCUT2D eigenvalue weighted by molar-refractivity contribution is 0.164. The Bertz CT molecular complexity index is 800. The SMILES string of the molecule is Cn1cccc(NC(=O)NC2(CO)CCc3ccccc32)c1=O. The molecule has 1 unspecified atom stereocenters. The molecular formula is C17H19N3O3. The average Bonchev–Trinajstić information content (AvgIpc) is 2.91. The summed E-state index contributed by atoms with van der Waals surface area (Å²) in [5.74, 6) is 0. The van der Waals surface area contributed by atoms with Crippen molar-refractivity contribution in [3.05, 3.63) is 64.1 Å². The van der Waals surface area contributed by atoms with Crippen LogP contribution >= 0.6 is 0 Å². The maximum absolute atomic E-state index is 12.3. The van der Waals surface area contributed by atoms with Gasteiger partial charge in [0, 0.05) is 13.2 Å². The Labute approximate surface area is 133 Å². The molecule has 1 aromatic heterocycles. The molecule has 6 heteroatoms. The van der Waals surface area contributed by atoms with Crippen LogP contribution < -0.4 is 16.2 Å². The van der Waals surface area contributed by atoms with Gasteiger partial charge in [0.1, 0.15) is 5.69 Å². The van der Waals surface area contributed by atoms with Gasteiger partial charge in [-0.05, 0) is 36.1 Å². The number of rotatable bonds is 3. The molecule has 2 amide bonds. The number of anilines is 1. The van der Waals surface area contributed by atoms with Crippen molar-refractivity contribution in [1.82, 2.24) is 9.88 Å². The number of aryl methyl sites for hydroxylation is 2. The van der Waals surface area contributed by atoms with Crippen LogP contribution in [0.5, 0.6) is 0 Å². The normalized spacial score (nSPS) is 19.2. The number of aliphatic hydroxyl groups excluding tert-OH is 1. The Morgan fingerprint density at radius 2 is 2.09 bits per heavy atom. The summed E-state index contributed by atoms with van der Waals surface area (Å²) >= 11 is 0. The molecule has 0 saturated heterocycles. The summed E-state index contributed by atoms with van der Waals surface area (Å²) < 4.78 is 1.39. The molecule has 0 saturated carbocycles. The van der Waals surface area contributed by atoms with E-state index in [9.17, 15) is 14.7 Å². The van der Waals surface area contributed by atoms with Crippen molar-refractivity contribution in [2.75, 3.05) is 11.9 Å². The quantitative estimate of drug-likeness (QED) is 0.799. The molecule has 0 fully saturated rings. The first-order chi connectivity index (χ1) is 11.1. The molecule has 3 rings (SSSR count). The highest BCUT2D eigenvalue weighted by Gasteiger charge is 2.39. The van der Waals surface area contributed by atoms with Crippen LogP contribution in [0.1, 0.15) is 17.5 Å². The largest absolute Gasteiger partial charge is 0.394 e. The number of benzene rings is 1. The van der Waals surface area contributed by atoms with Gasteiger partial charge in [-0.2, -0.15) is 0 Å². The topological polar surface area (TPSA) is 83.4 Å². The summed E-state index contributed by atoms with van der Waals surface area (Å²) in [5.41, 5.74) is 1.16. The fourth-order valence-corrected chi connectivity index (χ4v) is 3.08. The van der Waals surface area contributed by atoms with Crippen molar-refractivity contribution < 1.29 is 9.90 Å². The second kappa shape index (κ2) is 5.89. The zero-order chi connectivity index (χ0) is 16.4. The van der Waals surface area contributed by atoms with Gasteiger partial charge in [-0.15, -0.1) is 0 Å². The van der Waals surface area contributed by atoms with E-state index in [-0.39, 0.29) is 17.9 Å². The standard InChI is InChI=1S/C17H19N3O3/c1-20-10-4-7-14(15(20)22)18-16(23)19-17(11-21)9-8-12-5-2-3-6-13(12)17/h2-7,10,21H,8-9,11H2,1H3,(H2,18,19,23). The predicted octanol–water partition coefficient (Wildman–Crippen LogP) is 1.34. The van der Waals surface area contributed by atoms with Crippen molar-refractivity contribution in [2.45, 2.75) is 18.4 Å². The summed E-state index contributed by atoms with van der Waals surface area (Å²) in [6, 6.07) is 10.5. The molecule has 0 radical (unpaired) electrons. The van der Waals surface area contributed by atoms with E-state index in [4.69, 9.17) is 0 Å². The van der Waals surface area contributed by atoms with E-state index in [1.807, 2.05) is 24.3 Å². The van der Waals surface area contributed by atoms with Crippen LogP contribution in [0.25, 0.3) is 0 Å². The first kappa shape index (κ1) is 15.3. The van der Waals surface area contributed by atoms with E-state index >= 15 is 0 Å². The number of hydrogen-bond donors (Lipinski definition) is 3. The predicted molar refractivity (Wildman–Crippen MR) is 87.4 cm³/mol. The molecule has 0 aliphatic heterocycles. The molecule has 2 aromatic rings. The van der Waals surface area contributed by atoms with Gasteiger partial charge in [0.15, 0.2) is 0 Å². The van der Waals surface area contributed by atoms with E-state index in [0.29, 0.717) is 6.42 Å². The number of carbonyl (C=O) groups is 1. The van der Waals surface area contributed by atoms with Crippen molar-refractivity contribution >= 4 is 11.7 Å². The molecule has 0 bridgehead atoms. The molecule has 0 spiro atoms. The Balaban J connectivity index is 1.82. The number of aliphatic hydroxyl groups is 1. The van der Waals surface area contributed by atoms with Crippen LogP contribution in [0.2, 0.25) is 0 Å². The second-order valence-corrected chi connectivity index (χ2v) is 5.81. The summed E-state index contributed by atoms with van der Waals surface area (Å²) in [7, 11) is 1.62. The van der Waals surface area contributed by atoms with Gasteiger partial charge in [0.25, 0.3) is 5.56 Å². The summed E-state index contributed by atoms with van der Waals surface area (Å²) in [4.78, 5) is 24.3. The Kier molecular flexibility index (Phi) is 3.92. The Hall–Kier alpha value is -2.60. The number of carbonyl (C=O) groups excluding carboxylic acids is 1. The number of fused-ring (bicyclic) bond motifs is 1. The van der Waals surface area contributed by atoms with Crippen molar-refractivity contribution in [1.29, 1.82) is 0 Å². The fraction of sp³-hybridized carbons (Fsp3) is 0.294. The molecule has 1 aromatic carbocycles. The summed E-state index contributed by atoms with van der Waals surface area (Å²) in [5, 5.41) is 15.3. The first-order valence-electron chi connectivity index (χ1n) is 7.50. The number of urea groups is 1. The Morgan fingerprint density at radius 1 is 1.30 bits per heavy atom. The van der Waals surface area contributed by atoms with Crippen molar-refractivity contribution in [3.8, 4) is 0 Å². The minimum absolute atomic E-state index is 0.190. The van der Waals surface area contributed by atoms with Gasteiger partial charge in [-0.1, -0.05) is 24.3 Å². The second-order valence-electron chi connectivity index (χ2n) is 5.81. The van der Waals surface area contributed by atoms with Crippen LogP contribution in [-0.2, 0) is 19.0 Å². The minimum atomic E-state index is -0.805. The molecule has 3 N–H and O–H groups in total. The van der Waals surface area contributed by atoms with E-state index < -0.39 is 11.6 Å². The highest BCUT2D eigenvalue weighted by Crippen LogP contribution is 2.36. The molecular weight excluding hydrogens is 294 g/mol. The maximum atomic E-state index is 12.3. The number of nitrogens with zero attached hydrogens (tertiary/aromatic N) is 1. The van der Waals surface area contributed by atoms with Crippen LogP contribution in [0.15, 0.2) is 47.4 Å². The van der Waals surface area contributed by atoms with Crippen LogP contribution in [0, 0.1) is 0 Å². The van der Waals surface area contributed by atoms with Crippen LogP contribution in [-0.4, -0.2) is 22.3 Å². The van der Waals surface area contributed by atoms with E-state index in [1.165, 1.54) is 4.57 Å². The molecule has 23 heavy (non-hydrogen) atoms. The lowest BCUT2D eigenvalue weighted by Gasteiger charge is -2.29. The highest BCUT2D eigenvalue weighted by atomic mass is 16.3. The third kappa shape index (κ3) is 2.73. The van der Waals surface area contributed by atoms with E-state index in [2.05, 4.69) is 10.6 Å². The molecule has 120 valence electrons.